The molecule has 0 saturated heterocycles. The number of carbonyl (C=O) groups is 1. The number of thiazole rings is 1. The first-order chi connectivity index (χ1) is 11.6. The number of nitrogens with one attached hydrogen (secondary N) is 1. The number of anilines is 1. The van der Waals surface area contributed by atoms with E-state index in [9.17, 15) is 4.79 Å². The van der Waals surface area contributed by atoms with Crippen LogP contribution >= 0.6 is 23.1 Å². The van der Waals surface area contributed by atoms with Crippen molar-refractivity contribution in [3.63, 3.8) is 0 Å². The van der Waals surface area contributed by atoms with Crippen molar-refractivity contribution in [2.45, 2.75) is 25.2 Å². The summed E-state index contributed by atoms with van der Waals surface area (Å²) in [4.78, 5) is 17.9. The van der Waals surface area contributed by atoms with Gasteiger partial charge in [-0.1, -0.05) is 17.3 Å². The molecule has 0 unspecified atom stereocenters. The molecule has 0 saturated carbocycles. The lowest BCUT2D eigenvalue weighted by molar-refractivity contribution is -0.115. The molecule has 3 aromatic rings. The Morgan fingerprint density at radius 1 is 1.29 bits per heavy atom. The van der Waals surface area contributed by atoms with Crippen LogP contribution in [0.1, 0.15) is 17.0 Å². The van der Waals surface area contributed by atoms with Gasteiger partial charge in [-0.05, 0) is 32.2 Å². The van der Waals surface area contributed by atoms with Gasteiger partial charge in [0.05, 0.1) is 17.8 Å². The lowest BCUT2D eigenvalue weighted by atomic mass is 10.1. The van der Waals surface area contributed by atoms with Gasteiger partial charge in [0.15, 0.2) is 5.13 Å². The average Bonchev–Trinajstić information content (AvgIpc) is 3.17. The Kier molecular flexibility index (Phi) is 5.01. The average molecular weight is 359 g/mol. The van der Waals surface area contributed by atoms with Crippen molar-refractivity contribution in [3.8, 4) is 11.3 Å². The van der Waals surface area contributed by atoms with Crippen LogP contribution in [0, 0.1) is 13.8 Å². The monoisotopic (exact) mass is 359 g/mol. The zero-order valence-corrected chi connectivity index (χ0v) is 15.3. The topological polar surface area (TPSA) is 68.0 Å². The number of rotatable bonds is 5. The van der Waals surface area contributed by atoms with E-state index in [4.69, 9.17) is 4.52 Å². The number of hydrogen-bond acceptors (Lipinski definition) is 6. The Balaban J connectivity index is 1.68. The number of benzene rings is 1. The molecular weight excluding hydrogens is 342 g/mol. The molecule has 0 radical (unpaired) electrons. The van der Waals surface area contributed by atoms with E-state index in [-0.39, 0.29) is 12.3 Å². The predicted octanol–water partition coefficient (Wildman–Crippen LogP) is 4.32. The van der Waals surface area contributed by atoms with E-state index in [1.165, 1.54) is 16.2 Å². The highest BCUT2D eigenvalue weighted by Crippen LogP contribution is 2.27. The minimum atomic E-state index is -0.122. The Morgan fingerprint density at radius 2 is 2.04 bits per heavy atom. The summed E-state index contributed by atoms with van der Waals surface area (Å²) in [7, 11) is 0. The van der Waals surface area contributed by atoms with Gasteiger partial charge in [-0.15, -0.1) is 23.1 Å². The summed E-state index contributed by atoms with van der Waals surface area (Å²) in [6.45, 7) is 3.64. The van der Waals surface area contributed by atoms with Gasteiger partial charge < -0.3 is 9.84 Å². The van der Waals surface area contributed by atoms with Crippen LogP contribution in [0.4, 0.5) is 5.13 Å². The molecule has 2 aromatic heterocycles. The molecule has 124 valence electrons. The van der Waals surface area contributed by atoms with Crippen molar-refractivity contribution in [2.75, 3.05) is 11.6 Å². The van der Waals surface area contributed by atoms with Crippen LogP contribution in [0.3, 0.4) is 0 Å². The fourth-order valence-corrected chi connectivity index (χ4v) is 3.45. The zero-order valence-electron chi connectivity index (χ0n) is 13.6. The third-order valence-electron chi connectivity index (χ3n) is 3.65. The quantitative estimate of drug-likeness (QED) is 0.687. The molecule has 0 spiro atoms. The number of nitrogens with zero attached hydrogens (tertiary/aromatic N) is 2. The summed E-state index contributed by atoms with van der Waals surface area (Å²) in [5, 5.41) is 9.24. The molecule has 1 N–H and O–H groups in total. The second-order valence-electron chi connectivity index (χ2n) is 5.29. The second-order valence-corrected chi connectivity index (χ2v) is 7.03. The minimum absolute atomic E-state index is 0.122. The Labute approximate surface area is 148 Å². The van der Waals surface area contributed by atoms with E-state index in [0.29, 0.717) is 10.9 Å². The Morgan fingerprint density at radius 3 is 2.67 bits per heavy atom. The fourth-order valence-electron chi connectivity index (χ4n) is 2.30. The molecule has 0 bridgehead atoms. The van der Waals surface area contributed by atoms with Crippen LogP contribution in [0.2, 0.25) is 0 Å². The van der Waals surface area contributed by atoms with Gasteiger partial charge in [0.1, 0.15) is 5.76 Å². The molecule has 0 aliphatic heterocycles. The van der Waals surface area contributed by atoms with Gasteiger partial charge in [0.2, 0.25) is 5.91 Å². The van der Waals surface area contributed by atoms with Crippen LogP contribution in [-0.2, 0) is 11.2 Å². The van der Waals surface area contributed by atoms with E-state index in [0.717, 1.165) is 22.5 Å². The maximum Gasteiger partial charge on any atom is 0.230 e. The van der Waals surface area contributed by atoms with E-state index in [1.54, 1.807) is 11.8 Å². The molecule has 24 heavy (non-hydrogen) atoms. The van der Waals surface area contributed by atoms with Gasteiger partial charge in [-0.25, -0.2) is 4.98 Å². The lowest BCUT2D eigenvalue weighted by Gasteiger charge is -2.01. The van der Waals surface area contributed by atoms with Crippen LogP contribution in [-0.4, -0.2) is 22.3 Å². The molecule has 1 amide bonds. The highest BCUT2D eigenvalue weighted by Gasteiger charge is 2.15. The number of aryl methyl sites for hydroxylation is 2. The van der Waals surface area contributed by atoms with E-state index in [2.05, 4.69) is 27.6 Å². The third-order valence-corrected chi connectivity index (χ3v) is 5.16. The Bertz CT molecular complexity index is 834. The van der Waals surface area contributed by atoms with Crippen molar-refractivity contribution in [2.24, 2.45) is 0 Å². The molecule has 1 aromatic carbocycles. The second kappa shape index (κ2) is 7.19. The van der Waals surface area contributed by atoms with Crippen molar-refractivity contribution >= 4 is 34.1 Å². The Hall–Kier alpha value is -2.12. The van der Waals surface area contributed by atoms with E-state index >= 15 is 0 Å². The predicted molar refractivity (Wildman–Crippen MR) is 97.6 cm³/mol. The van der Waals surface area contributed by atoms with Crippen LogP contribution in [0.5, 0.6) is 0 Å². The first kappa shape index (κ1) is 16.7. The molecule has 7 heteroatoms. The van der Waals surface area contributed by atoms with Gasteiger partial charge in [0.25, 0.3) is 0 Å². The molecule has 0 fully saturated rings. The number of amides is 1. The summed E-state index contributed by atoms with van der Waals surface area (Å²) in [6, 6.07) is 8.21. The van der Waals surface area contributed by atoms with E-state index in [1.807, 2.05) is 37.6 Å². The summed E-state index contributed by atoms with van der Waals surface area (Å²) in [5.41, 5.74) is 3.48. The standard InChI is InChI=1S/C17H17N3O2S2/c1-10-14(11(2)22-20-10)8-16(21)19-17-18-15(9-24-17)12-4-6-13(23-3)7-5-12/h4-7,9H,8H2,1-3H3,(H,18,19,21). The van der Waals surface area contributed by atoms with Gasteiger partial charge >= 0.3 is 0 Å². The number of hydrogen-bond donors (Lipinski definition) is 1. The van der Waals surface area contributed by atoms with E-state index < -0.39 is 0 Å². The SMILES string of the molecule is CSc1ccc(-c2csc(NC(=O)Cc3c(C)noc3C)n2)cc1. The summed E-state index contributed by atoms with van der Waals surface area (Å²) in [6.07, 6.45) is 2.28. The fraction of sp³-hybridized carbons (Fsp3) is 0.235. The normalized spacial score (nSPS) is 10.8. The minimum Gasteiger partial charge on any atom is -0.361 e. The maximum absolute atomic E-state index is 12.2. The number of aromatic nitrogens is 2. The lowest BCUT2D eigenvalue weighted by Crippen LogP contribution is -2.15. The molecule has 2 heterocycles. The van der Waals surface area contributed by atoms with Crippen molar-refractivity contribution < 1.29 is 9.32 Å². The highest BCUT2D eigenvalue weighted by atomic mass is 32.2. The first-order valence-electron chi connectivity index (χ1n) is 7.38. The molecule has 5 nitrogen and oxygen atoms in total. The maximum atomic E-state index is 12.2. The number of carbonyl (C=O) groups excluding carboxylic acids is 1. The smallest absolute Gasteiger partial charge is 0.230 e. The molecule has 0 atom stereocenters. The van der Waals surface area contributed by atoms with Crippen LogP contribution in [0.15, 0.2) is 39.1 Å². The largest absolute Gasteiger partial charge is 0.361 e. The van der Waals surface area contributed by atoms with Gasteiger partial charge in [-0.2, -0.15) is 0 Å². The summed E-state index contributed by atoms with van der Waals surface area (Å²) < 4.78 is 5.08. The summed E-state index contributed by atoms with van der Waals surface area (Å²) >= 11 is 3.12. The third kappa shape index (κ3) is 3.68. The van der Waals surface area contributed by atoms with Crippen LogP contribution in [0.25, 0.3) is 11.3 Å². The number of thioether (sulfide) groups is 1. The van der Waals surface area contributed by atoms with Crippen LogP contribution < -0.4 is 5.32 Å². The van der Waals surface area contributed by atoms with Gasteiger partial charge in [-0.3, -0.25) is 4.79 Å². The first-order valence-corrected chi connectivity index (χ1v) is 9.49. The van der Waals surface area contributed by atoms with Gasteiger partial charge in [0, 0.05) is 21.4 Å². The summed E-state index contributed by atoms with van der Waals surface area (Å²) in [5.74, 6) is 0.555. The molecule has 3 rings (SSSR count). The van der Waals surface area contributed by atoms with Crippen molar-refractivity contribution in [1.29, 1.82) is 0 Å². The molecule has 0 aliphatic rings. The molecular formula is C17H17N3O2S2. The van der Waals surface area contributed by atoms with Crippen molar-refractivity contribution in [1.82, 2.24) is 10.1 Å². The highest BCUT2D eigenvalue weighted by molar-refractivity contribution is 7.98. The zero-order chi connectivity index (χ0) is 17.1. The molecule has 0 aliphatic carbocycles. The van der Waals surface area contributed by atoms with Crippen molar-refractivity contribution in [3.05, 3.63) is 46.7 Å².